The van der Waals surface area contributed by atoms with Crippen molar-refractivity contribution >= 4 is 35.3 Å². The number of carbonyl (C=O) groups is 2. The summed E-state index contributed by atoms with van der Waals surface area (Å²) < 4.78 is 5.18. The number of aryl methyl sites for hydroxylation is 1. The predicted molar refractivity (Wildman–Crippen MR) is 134 cm³/mol. The SMILES string of the molecule is COc1ccc(/C=C2/Sc3ccc(C(=O)N[C@@H](C)CCc4ccccc4)cc3NC2=O)cc1. The van der Waals surface area contributed by atoms with Crippen LogP contribution >= 0.6 is 11.8 Å². The van der Waals surface area contributed by atoms with Gasteiger partial charge in [-0.15, -0.1) is 0 Å². The summed E-state index contributed by atoms with van der Waals surface area (Å²) in [7, 11) is 1.62. The molecule has 1 aliphatic heterocycles. The van der Waals surface area contributed by atoms with Crippen LogP contribution in [-0.2, 0) is 11.2 Å². The first-order valence-corrected chi connectivity index (χ1v) is 11.7. The number of ether oxygens (including phenoxy) is 1. The largest absolute Gasteiger partial charge is 0.497 e. The summed E-state index contributed by atoms with van der Waals surface area (Å²) in [5, 5.41) is 5.97. The molecule has 3 aromatic carbocycles. The molecule has 33 heavy (non-hydrogen) atoms. The zero-order chi connectivity index (χ0) is 23.2. The van der Waals surface area contributed by atoms with Crippen molar-refractivity contribution in [2.24, 2.45) is 0 Å². The van der Waals surface area contributed by atoms with E-state index in [9.17, 15) is 9.59 Å². The Bertz CT molecular complexity index is 1170. The lowest BCUT2D eigenvalue weighted by molar-refractivity contribution is -0.112. The number of methoxy groups -OCH3 is 1. The molecule has 1 aliphatic rings. The van der Waals surface area contributed by atoms with Crippen LogP contribution in [0, 0.1) is 0 Å². The summed E-state index contributed by atoms with van der Waals surface area (Å²) in [5.41, 5.74) is 3.35. The van der Waals surface area contributed by atoms with Crippen molar-refractivity contribution in [3.8, 4) is 5.75 Å². The lowest BCUT2D eigenvalue weighted by atomic mass is 10.1. The first-order valence-electron chi connectivity index (χ1n) is 10.9. The van der Waals surface area contributed by atoms with Gasteiger partial charge in [0, 0.05) is 16.5 Å². The zero-order valence-corrected chi connectivity index (χ0v) is 19.4. The van der Waals surface area contributed by atoms with Gasteiger partial charge in [0.05, 0.1) is 17.7 Å². The van der Waals surface area contributed by atoms with Crippen molar-refractivity contribution in [2.45, 2.75) is 30.7 Å². The zero-order valence-electron chi connectivity index (χ0n) is 18.6. The molecule has 0 fully saturated rings. The molecule has 5 nitrogen and oxygen atoms in total. The highest BCUT2D eigenvalue weighted by Gasteiger charge is 2.22. The van der Waals surface area contributed by atoms with Crippen molar-refractivity contribution in [1.29, 1.82) is 0 Å². The second-order valence-corrected chi connectivity index (χ2v) is 9.03. The average Bonchev–Trinajstić information content (AvgIpc) is 2.84. The Kier molecular flexibility index (Phi) is 7.15. The molecule has 2 N–H and O–H groups in total. The van der Waals surface area contributed by atoms with E-state index in [1.165, 1.54) is 17.3 Å². The maximum atomic E-state index is 12.7. The van der Waals surface area contributed by atoms with E-state index in [0.29, 0.717) is 16.2 Å². The Hall–Kier alpha value is -3.51. The minimum atomic E-state index is -0.183. The van der Waals surface area contributed by atoms with E-state index in [-0.39, 0.29) is 17.9 Å². The molecular formula is C27H26N2O3S. The van der Waals surface area contributed by atoms with E-state index in [0.717, 1.165) is 29.1 Å². The molecule has 0 bridgehead atoms. The molecule has 0 saturated heterocycles. The molecule has 0 saturated carbocycles. The molecule has 1 atom stereocenters. The molecule has 1 heterocycles. The topological polar surface area (TPSA) is 67.4 Å². The maximum Gasteiger partial charge on any atom is 0.262 e. The number of fused-ring (bicyclic) bond motifs is 1. The van der Waals surface area contributed by atoms with Gasteiger partial charge in [-0.25, -0.2) is 0 Å². The van der Waals surface area contributed by atoms with Crippen LogP contribution in [0.1, 0.15) is 34.8 Å². The van der Waals surface area contributed by atoms with Gasteiger partial charge >= 0.3 is 0 Å². The summed E-state index contributed by atoms with van der Waals surface area (Å²) in [6.07, 6.45) is 3.60. The molecule has 168 valence electrons. The molecule has 0 aromatic heterocycles. The predicted octanol–water partition coefficient (Wildman–Crippen LogP) is 5.53. The highest BCUT2D eigenvalue weighted by molar-refractivity contribution is 8.04. The Labute approximate surface area is 198 Å². The molecule has 0 spiro atoms. The van der Waals surface area contributed by atoms with Crippen LogP contribution in [0.15, 0.2) is 82.6 Å². The number of thioether (sulfide) groups is 1. The molecule has 3 aromatic rings. The summed E-state index contributed by atoms with van der Waals surface area (Å²) in [5.74, 6) is 0.442. The summed E-state index contributed by atoms with van der Waals surface area (Å²) in [6, 6.07) is 23.2. The smallest absolute Gasteiger partial charge is 0.262 e. The molecule has 0 unspecified atom stereocenters. The standard InChI is InChI=1S/C27H26N2O3S/c1-18(8-9-19-6-4-3-5-7-19)28-26(30)21-12-15-24-23(17-21)29-27(31)25(33-24)16-20-10-13-22(32-2)14-11-20/h3-7,10-18H,8-9H2,1-2H3,(H,28,30)(H,29,31)/b25-16+/t18-/m0/s1. The van der Waals surface area contributed by atoms with E-state index < -0.39 is 0 Å². The Morgan fingerprint density at radius 2 is 1.85 bits per heavy atom. The number of carbonyl (C=O) groups excluding carboxylic acids is 2. The summed E-state index contributed by atoms with van der Waals surface area (Å²) in [6.45, 7) is 2.01. The number of amides is 2. The number of hydrogen-bond acceptors (Lipinski definition) is 4. The Morgan fingerprint density at radius 3 is 2.58 bits per heavy atom. The van der Waals surface area contributed by atoms with Crippen LogP contribution in [-0.4, -0.2) is 25.0 Å². The van der Waals surface area contributed by atoms with Gasteiger partial charge < -0.3 is 15.4 Å². The second kappa shape index (κ2) is 10.4. The Morgan fingerprint density at radius 1 is 1.09 bits per heavy atom. The number of rotatable bonds is 7. The fourth-order valence-corrected chi connectivity index (χ4v) is 4.49. The number of nitrogens with one attached hydrogen (secondary N) is 2. The highest BCUT2D eigenvalue weighted by Crippen LogP contribution is 2.39. The van der Waals surface area contributed by atoms with Gasteiger partial charge in [0.15, 0.2) is 0 Å². The van der Waals surface area contributed by atoms with Crippen LogP contribution in [0.25, 0.3) is 6.08 Å². The Balaban J connectivity index is 1.40. The fourth-order valence-electron chi connectivity index (χ4n) is 3.56. The van der Waals surface area contributed by atoms with E-state index in [2.05, 4.69) is 22.8 Å². The first-order chi connectivity index (χ1) is 16.0. The normalized spacial score (nSPS) is 14.8. The van der Waals surface area contributed by atoms with Gasteiger partial charge in [0.25, 0.3) is 11.8 Å². The van der Waals surface area contributed by atoms with Crippen LogP contribution < -0.4 is 15.4 Å². The molecule has 6 heteroatoms. The third-order valence-corrected chi connectivity index (χ3v) is 6.53. The monoisotopic (exact) mass is 458 g/mol. The molecule has 2 amide bonds. The van der Waals surface area contributed by atoms with Crippen molar-refractivity contribution in [3.05, 3.63) is 94.4 Å². The number of hydrogen-bond donors (Lipinski definition) is 2. The fraction of sp³-hybridized carbons (Fsp3) is 0.185. The van der Waals surface area contributed by atoms with Gasteiger partial charge in [0.1, 0.15) is 5.75 Å². The minimum absolute atomic E-state index is 0.0386. The van der Waals surface area contributed by atoms with Crippen molar-refractivity contribution < 1.29 is 14.3 Å². The van der Waals surface area contributed by atoms with Gasteiger partial charge in [-0.3, -0.25) is 9.59 Å². The average molecular weight is 459 g/mol. The van der Waals surface area contributed by atoms with Crippen LogP contribution in [0.4, 0.5) is 5.69 Å². The van der Waals surface area contributed by atoms with Gasteiger partial charge in [-0.2, -0.15) is 0 Å². The van der Waals surface area contributed by atoms with Gasteiger partial charge in [-0.05, 0) is 67.3 Å². The van der Waals surface area contributed by atoms with E-state index in [4.69, 9.17) is 4.74 Å². The van der Waals surface area contributed by atoms with Crippen molar-refractivity contribution in [1.82, 2.24) is 5.32 Å². The molecule has 0 radical (unpaired) electrons. The van der Waals surface area contributed by atoms with Gasteiger partial charge in [0.2, 0.25) is 0 Å². The van der Waals surface area contributed by atoms with Crippen molar-refractivity contribution in [2.75, 3.05) is 12.4 Å². The molecular weight excluding hydrogens is 432 g/mol. The van der Waals surface area contributed by atoms with E-state index in [1.54, 1.807) is 19.2 Å². The number of anilines is 1. The third kappa shape index (κ3) is 5.84. The minimum Gasteiger partial charge on any atom is -0.497 e. The van der Waals surface area contributed by atoms with Crippen LogP contribution in [0.2, 0.25) is 0 Å². The molecule has 0 aliphatic carbocycles. The second-order valence-electron chi connectivity index (χ2n) is 7.95. The lowest BCUT2D eigenvalue weighted by Crippen LogP contribution is -2.33. The summed E-state index contributed by atoms with van der Waals surface area (Å²) >= 11 is 1.40. The van der Waals surface area contributed by atoms with Gasteiger partial charge in [-0.1, -0.05) is 54.2 Å². The number of benzene rings is 3. The van der Waals surface area contributed by atoms with Crippen LogP contribution in [0.5, 0.6) is 5.75 Å². The quantitative estimate of drug-likeness (QED) is 0.457. The lowest BCUT2D eigenvalue weighted by Gasteiger charge is -2.20. The summed E-state index contributed by atoms with van der Waals surface area (Å²) in [4.78, 5) is 26.9. The van der Waals surface area contributed by atoms with E-state index in [1.807, 2.05) is 61.5 Å². The van der Waals surface area contributed by atoms with Crippen LogP contribution in [0.3, 0.4) is 0 Å². The highest BCUT2D eigenvalue weighted by atomic mass is 32.2. The first kappa shape index (κ1) is 22.7. The van der Waals surface area contributed by atoms with Crippen molar-refractivity contribution in [3.63, 3.8) is 0 Å². The molecule has 4 rings (SSSR count). The van der Waals surface area contributed by atoms with E-state index >= 15 is 0 Å². The third-order valence-electron chi connectivity index (χ3n) is 5.43. The maximum absolute atomic E-state index is 12.7.